The van der Waals surface area contributed by atoms with Crippen LogP contribution in [0, 0.1) is 5.92 Å². The molecule has 33 heavy (non-hydrogen) atoms. The molecule has 172 valence electrons. The summed E-state index contributed by atoms with van der Waals surface area (Å²) in [7, 11) is 3.27. The SMILES string of the molecule is COc1cccc(CNC(=O)C2CCCN(c3nccc(Nc4ccccc4OC)n3)C2)c1. The largest absolute Gasteiger partial charge is 0.497 e. The van der Waals surface area contributed by atoms with E-state index in [4.69, 9.17) is 9.47 Å². The van der Waals surface area contributed by atoms with Gasteiger partial charge in [-0.15, -0.1) is 0 Å². The molecule has 0 saturated carbocycles. The third kappa shape index (κ3) is 5.71. The van der Waals surface area contributed by atoms with Crippen LogP contribution >= 0.6 is 0 Å². The van der Waals surface area contributed by atoms with E-state index in [1.807, 2.05) is 54.6 Å². The van der Waals surface area contributed by atoms with Crippen LogP contribution in [0.25, 0.3) is 0 Å². The van der Waals surface area contributed by atoms with Gasteiger partial charge in [-0.2, -0.15) is 4.98 Å². The number of carbonyl (C=O) groups excluding carboxylic acids is 1. The number of hydrogen-bond donors (Lipinski definition) is 2. The number of benzene rings is 2. The van der Waals surface area contributed by atoms with E-state index >= 15 is 0 Å². The Bertz CT molecular complexity index is 1090. The topological polar surface area (TPSA) is 88.6 Å². The molecule has 0 aliphatic carbocycles. The summed E-state index contributed by atoms with van der Waals surface area (Å²) in [5.41, 5.74) is 1.84. The highest BCUT2D eigenvalue weighted by atomic mass is 16.5. The molecule has 2 aromatic carbocycles. The lowest BCUT2D eigenvalue weighted by atomic mass is 9.97. The average molecular weight is 448 g/mol. The quantitative estimate of drug-likeness (QED) is 0.543. The van der Waals surface area contributed by atoms with E-state index in [1.54, 1.807) is 20.4 Å². The number of nitrogens with zero attached hydrogens (tertiary/aromatic N) is 3. The van der Waals surface area contributed by atoms with E-state index in [0.29, 0.717) is 24.9 Å². The van der Waals surface area contributed by atoms with Crippen LogP contribution in [0.3, 0.4) is 0 Å². The molecule has 8 nitrogen and oxygen atoms in total. The Balaban J connectivity index is 1.38. The van der Waals surface area contributed by atoms with Crippen molar-refractivity contribution in [2.75, 3.05) is 37.5 Å². The molecule has 1 amide bonds. The van der Waals surface area contributed by atoms with Crippen molar-refractivity contribution in [1.29, 1.82) is 0 Å². The van der Waals surface area contributed by atoms with Crippen LogP contribution in [0.4, 0.5) is 17.5 Å². The maximum atomic E-state index is 12.8. The molecule has 1 aromatic heterocycles. The molecule has 4 rings (SSSR count). The molecule has 0 bridgehead atoms. The monoisotopic (exact) mass is 447 g/mol. The minimum atomic E-state index is -0.112. The van der Waals surface area contributed by atoms with Gasteiger partial charge in [0.2, 0.25) is 11.9 Å². The molecule has 2 N–H and O–H groups in total. The smallest absolute Gasteiger partial charge is 0.227 e. The first-order valence-corrected chi connectivity index (χ1v) is 11.0. The summed E-state index contributed by atoms with van der Waals surface area (Å²) < 4.78 is 10.7. The first-order valence-electron chi connectivity index (χ1n) is 11.0. The van der Waals surface area contributed by atoms with Crippen LogP contribution in [0.1, 0.15) is 18.4 Å². The molecular weight excluding hydrogens is 418 g/mol. The number of carbonyl (C=O) groups is 1. The summed E-state index contributed by atoms with van der Waals surface area (Å²) in [6, 6.07) is 17.2. The van der Waals surface area contributed by atoms with Crippen molar-refractivity contribution >= 4 is 23.4 Å². The van der Waals surface area contributed by atoms with Crippen LogP contribution in [0.5, 0.6) is 11.5 Å². The summed E-state index contributed by atoms with van der Waals surface area (Å²) in [5.74, 6) is 2.74. The van der Waals surface area contributed by atoms with Crippen molar-refractivity contribution in [1.82, 2.24) is 15.3 Å². The van der Waals surface area contributed by atoms with Crippen molar-refractivity contribution in [3.8, 4) is 11.5 Å². The molecule has 0 radical (unpaired) electrons. The van der Waals surface area contributed by atoms with Crippen LogP contribution in [-0.4, -0.2) is 43.2 Å². The van der Waals surface area contributed by atoms with Gasteiger partial charge in [0.05, 0.1) is 25.8 Å². The van der Waals surface area contributed by atoms with Crippen LogP contribution < -0.4 is 25.0 Å². The van der Waals surface area contributed by atoms with E-state index in [0.717, 1.165) is 42.1 Å². The molecule has 8 heteroatoms. The third-order valence-corrected chi connectivity index (χ3v) is 5.69. The molecule has 1 aliphatic rings. The first-order chi connectivity index (χ1) is 16.2. The Kier molecular flexibility index (Phi) is 7.24. The Morgan fingerprint density at radius 2 is 2.00 bits per heavy atom. The number of rotatable bonds is 8. The van der Waals surface area contributed by atoms with E-state index < -0.39 is 0 Å². The fourth-order valence-electron chi connectivity index (χ4n) is 3.95. The molecule has 3 aromatic rings. The second-order valence-corrected chi connectivity index (χ2v) is 7.92. The number of para-hydroxylation sites is 2. The Morgan fingerprint density at radius 1 is 1.12 bits per heavy atom. The zero-order valence-electron chi connectivity index (χ0n) is 19.0. The number of hydrogen-bond acceptors (Lipinski definition) is 7. The zero-order valence-corrected chi connectivity index (χ0v) is 19.0. The predicted octanol–water partition coefficient (Wildman–Crippen LogP) is 3.77. The number of anilines is 3. The van der Waals surface area contributed by atoms with Gasteiger partial charge in [0.25, 0.3) is 0 Å². The van der Waals surface area contributed by atoms with E-state index in [-0.39, 0.29) is 11.8 Å². The van der Waals surface area contributed by atoms with Gasteiger partial charge in [0.15, 0.2) is 0 Å². The van der Waals surface area contributed by atoms with Gasteiger partial charge in [-0.05, 0) is 48.7 Å². The van der Waals surface area contributed by atoms with Crippen LogP contribution in [0.15, 0.2) is 60.8 Å². The molecule has 1 fully saturated rings. The minimum Gasteiger partial charge on any atom is -0.497 e. The molecule has 1 atom stereocenters. The third-order valence-electron chi connectivity index (χ3n) is 5.69. The summed E-state index contributed by atoms with van der Waals surface area (Å²) in [4.78, 5) is 24.0. The second kappa shape index (κ2) is 10.7. The Labute approximate surface area is 194 Å². The molecular formula is C25H29N5O3. The fourth-order valence-corrected chi connectivity index (χ4v) is 3.95. The maximum absolute atomic E-state index is 12.8. The van der Waals surface area contributed by atoms with Gasteiger partial charge in [-0.25, -0.2) is 4.98 Å². The summed E-state index contributed by atoms with van der Waals surface area (Å²) >= 11 is 0. The normalized spacial score (nSPS) is 15.6. The van der Waals surface area contributed by atoms with Crippen LogP contribution in [0.2, 0.25) is 0 Å². The Hall–Kier alpha value is -3.81. The number of methoxy groups -OCH3 is 2. The summed E-state index contributed by atoms with van der Waals surface area (Å²) in [6.45, 7) is 1.88. The van der Waals surface area contributed by atoms with Gasteiger partial charge >= 0.3 is 0 Å². The summed E-state index contributed by atoms with van der Waals surface area (Å²) in [5, 5.41) is 6.35. The van der Waals surface area contributed by atoms with Crippen molar-refractivity contribution in [2.45, 2.75) is 19.4 Å². The van der Waals surface area contributed by atoms with E-state index in [2.05, 4.69) is 25.5 Å². The molecule has 0 spiro atoms. The highest BCUT2D eigenvalue weighted by Crippen LogP contribution is 2.27. The lowest BCUT2D eigenvalue weighted by molar-refractivity contribution is -0.125. The van der Waals surface area contributed by atoms with Gasteiger partial charge in [-0.3, -0.25) is 4.79 Å². The standard InChI is InChI=1S/C25H29N5O3/c1-32-20-9-5-7-18(15-20)16-27-24(31)19-8-6-14-30(17-19)25-26-13-12-23(29-25)28-21-10-3-4-11-22(21)33-2/h3-5,7,9-13,15,19H,6,8,14,16-17H2,1-2H3,(H,27,31)(H,26,28,29). The number of amides is 1. The minimum absolute atomic E-state index is 0.0471. The predicted molar refractivity (Wildman–Crippen MR) is 128 cm³/mol. The first kappa shape index (κ1) is 22.4. The van der Waals surface area contributed by atoms with Gasteiger partial charge in [0.1, 0.15) is 17.3 Å². The van der Waals surface area contributed by atoms with Crippen molar-refractivity contribution in [3.05, 3.63) is 66.4 Å². The molecule has 1 saturated heterocycles. The fraction of sp³-hybridized carbons (Fsp3) is 0.320. The van der Waals surface area contributed by atoms with E-state index in [1.165, 1.54) is 0 Å². The lowest BCUT2D eigenvalue weighted by Gasteiger charge is -2.32. The van der Waals surface area contributed by atoms with Gasteiger partial charge < -0.3 is 25.0 Å². The molecule has 1 aliphatic heterocycles. The van der Waals surface area contributed by atoms with Gasteiger partial charge in [0, 0.05) is 25.8 Å². The van der Waals surface area contributed by atoms with E-state index in [9.17, 15) is 4.79 Å². The second-order valence-electron chi connectivity index (χ2n) is 7.92. The Morgan fingerprint density at radius 3 is 2.85 bits per heavy atom. The van der Waals surface area contributed by atoms with Crippen molar-refractivity contribution < 1.29 is 14.3 Å². The number of nitrogens with one attached hydrogen (secondary N) is 2. The molecule has 1 unspecified atom stereocenters. The van der Waals surface area contributed by atoms with Gasteiger partial charge in [-0.1, -0.05) is 24.3 Å². The lowest BCUT2D eigenvalue weighted by Crippen LogP contribution is -2.43. The zero-order chi connectivity index (χ0) is 23.0. The number of piperidine rings is 1. The highest BCUT2D eigenvalue weighted by Gasteiger charge is 2.27. The maximum Gasteiger partial charge on any atom is 0.227 e. The highest BCUT2D eigenvalue weighted by molar-refractivity contribution is 5.79. The molecule has 2 heterocycles. The average Bonchev–Trinajstić information content (AvgIpc) is 2.88. The van der Waals surface area contributed by atoms with Crippen molar-refractivity contribution in [2.24, 2.45) is 5.92 Å². The number of aromatic nitrogens is 2. The summed E-state index contributed by atoms with van der Waals surface area (Å²) in [6.07, 6.45) is 3.48. The van der Waals surface area contributed by atoms with Crippen LogP contribution in [-0.2, 0) is 11.3 Å². The van der Waals surface area contributed by atoms with Crippen molar-refractivity contribution in [3.63, 3.8) is 0 Å². The number of ether oxygens (including phenoxy) is 2.